The van der Waals surface area contributed by atoms with E-state index in [2.05, 4.69) is 6.07 Å². The fourth-order valence-electron chi connectivity index (χ4n) is 5.86. The number of ketones is 1. The van der Waals surface area contributed by atoms with Gasteiger partial charge in [0.2, 0.25) is 0 Å². The molecule has 2 aromatic heterocycles. The zero-order chi connectivity index (χ0) is 24.9. The average Bonchev–Trinajstić information content (AvgIpc) is 2.89. The Morgan fingerprint density at radius 3 is 2.64 bits per heavy atom. The second-order valence-electron chi connectivity index (χ2n) is 9.85. The fourth-order valence-corrected chi connectivity index (χ4v) is 6.71. The number of hydrogen-bond donors (Lipinski definition) is 0. The van der Waals surface area contributed by atoms with Crippen LogP contribution in [-0.2, 0) is 18.9 Å². The van der Waals surface area contributed by atoms with E-state index in [4.69, 9.17) is 9.40 Å². The molecule has 0 radical (unpaired) electrons. The van der Waals surface area contributed by atoms with E-state index < -0.39 is 5.63 Å². The normalized spacial score (nSPS) is 16.0. The van der Waals surface area contributed by atoms with Crippen LogP contribution in [0.25, 0.3) is 22.2 Å². The van der Waals surface area contributed by atoms with E-state index in [1.54, 1.807) is 35.9 Å². The Hall–Kier alpha value is -3.45. The van der Waals surface area contributed by atoms with Gasteiger partial charge in [-0.05, 0) is 37.0 Å². The molecule has 2 heterocycles. The minimum absolute atomic E-state index is 0.00987. The lowest BCUT2D eigenvalue weighted by atomic mass is 9.62. The third-order valence-corrected chi connectivity index (χ3v) is 8.70. The van der Waals surface area contributed by atoms with Gasteiger partial charge in [-0.2, -0.15) is 0 Å². The first-order chi connectivity index (χ1) is 17.5. The molecule has 0 atom stereocenters. The molecule has 182 valence electrons. The van der Waals surface area contributed by atoms with Crippen molar-refractivity contribution in [2.24, 2.45) is 7.05 Å². The monoisotopic (exact) mass is 498 g/mol. The van der Waals surface area contributed by atoms with Crippen LogP contribution in [0.1, 0.15) is 53.6 Å². The number of carbonyl (C=O) groups excluding carboxylic acids is 1. The van der Waals surface area contributed by atoms with Gasteiger partial charge in [-0.3, -0.25) is 14.2 Å². The third-order valence-electron chi connectivity index (χ3n) is 7.67. The summed E-state index contributed by atoms with van der Waals surface area (Å²) in [6.07, 6.45) is 6.29. The Kier molecular flexibility index (Phi) is 5.67. The van der Waals surface area contributed by atoms with E-state index in [0.29, 0.717) is 16.1 Å². The van der Waals surface area contributed by atoms with Crippen LogP contribution in [0.3, 0.4) is 0 Å². The highest BCUT2D eigenvalue weighted by Crippen LogP contribution is 2.48. The van der Waals surface area contributed by atoms with Crippen molar-refractivity contribution in [3.05, 3.63) is 92.1 Å². The lowest BCUT2D eigenvalue weighted by Gasteiger charge is -2.42. The van der Waals surface area contributed by atoms with Crippen LogP contribution in [0.2, 0.25) is 0 Å². The van der Waals surface area contributed by atoms with E-state index in [0.717, 1.165) is 48.9 Å². The molecule has 2 aliphatic rings. The van der Waals surface area contributed by atoms with Crippen LogP contribution in [0.4, 0.5) is 0 Å². The average molecular weight is 499 g/mol. The van der Waals surface area contributed by atoms with Crippen molar-refractivity contribution in [2.75, 3.05) is 5.75 Å². The van der Waals surface area contributed by atoms with Crippen molar-refractivity contribution in [3.8, 4) is 11.3 Å². The number of hydrogen-bond acceptors (Lipinski definition) is 6. The summed E-state index contributed by atoms with van der Waals surface area (Å²) in [5, 5.41) is 1.17. The number of Topliss-reactive ketones (excluding diaryl/α,β-unsaturated/α-hetero) is 1. The number of fused-ring (bicyclic) bond motifs is 5. The first-order valence-electron chi connectivity index (χ1n) is 12.4. The van der Waals surface area contributed by atoms with E-state index in [9.17, 15) is 14.4 Å². The number of rotatable bonds is 4. The van der Waals surface area contributed by atoms with Gasteiger partial charge >= 0.3 is 5.63 Å². The molecular weight excluding hydrogens is 472 g/mol. The summed E-state index contributed by atoms with van der Waals surface area (Å²) in [5.74, 6) is -0.370. The quantitative estimate of drug-likeness (QED) is 0.165. The maximum atomic E-state index is 13.8. The van der Waals surface area contributed by atoms with Gasteiger partial charge in [0.1, 0.15) is 11.1 Å². The summed E-state index contributed by atoms with van der Waals surface area (Å²) < 4.78 is 6.90. The van der Waals surface area contributed by atoms with Crippen molar-refractivity contribution >= 4 is 28.5 Å². The van der Waals surface area contributed by atoms with Crippen LogP contribution in [0, 0.1) is 0 Å². The van der Waals surface area contributed by atoms with Gasteiger partial charge in [-0.15, -0.1) is 0 Å². The molecule has 0 bridgehead atoms. The molecule has 0 amide bonds. The molecular formula is C29H26N2O4S. The summed E-state index contributed by atoms with van der Waals surface area (Å²) in [4.78, 5) is 44.2. The van der Waals surface area contributed by atoms with Gasteiger partial charge in [-0.25, -0.2) is 9.78 Å². The van der Waals surface area contributed by atoms with Crippen molar-refractivity contribution in [3.63, 3.8) is 0 Å². The van der Waals surface area contributed by atoms with Crippen LogP contribution < -0.4 is 11.2 Å². The predicted molar refractivity (Wildman–Crippen MR) is 141 cm³/mol. The number of carbonyl (C=O) groups is 1. The summed E-state index contributed by atoms with van der Waals surface area (Å²) in [6.45, 7) is 0. The lowest BCUT2D eigenvalue weighted by Crippen LogP contribution is -2.42. The van der Waals surface area contributed by atoms with Gasteiger partial charge in [0.15, 0.2) is 10.9 Å². The maximum Gasteiger partial charge on any atom is 0.347 e. The fraction of sp³-hybridized carbons (Fsp3) is 0.310. The van der Waals surface area contributed by atoms with Crippen molar-refractivity contribution < 1.29 is 9.21 Å². The third kappa shape index (κ3) is 3.73. The smallest absolute Gasteiger partial charge is 0.347 e. The number of aromatic nitrogens is 2. The Bertz CT molecular complexity index is 1630. The second-order valence-corrected chi connectivity index (χ2v) is 10.8. The zero-order valence-corrected chi connectivity index (χ0v) is 20.9. The minimum atomic E-state index is -0.653. The van der Waals surface area contributed by atoms with E-state index in [-0.39, 0.29) is 28.1 Å². The van der Waals surface area contributed by atoms with Gasteiger partial charge in [-0.1, -0.05) is 73.5 Å². The Morgan fingerprint density at radius 1 is 1.06 bits per heavy atom. The summed E-state index contributed by atoms with van der Waals surface area (Å²) in [7, 11) is 1.73. The molecule has 2 aromatic carbocycles. The topological polar surface area (TPSA) is 82.2 Å². The number of thioether (sulfide) groups is 1. The van der Waals surface area contributed by atoms with Crippen molar-refractivity contribution in [2.45, 2.75) is 49.1 Å². The molecule has 1 saturated carbocycles. The van der Waals surface area contributed by atoms with E-state index >= 15 is 0 Å². The van der Waals surface area contributed by atoms with Gasteiger partial charge in [0.25, 0.3) is 5.56 Å². The second kappa shape index (κ2) is 8.89. The number of nitrogens with zero attached hydrogens (tertiary/aromatic N) is 2. The molecule has 4 aromatic rings. The first-order valence-corrected chi connectivity index (χ1v) is 13.3. The molecule has 0 N–H and O–H groups in total. The van der Waals surface area contributed by atoms with Crippen LogP contribution in [-0.4, -0.2) is 21.1 Å². The highest BCUT2D eigenvalue weighted by atomic mass is 32.2. The predicted octanol–water partition coefficient (Wildman–Crippen LogP) is 5.29. The highest BCUT2D eigenvalue weighted by molar-refractivity contribution is 7.99. The van der Waals surface area contributed by atoms with Crippen LogP contribution in [0.15, 0.2) is 73.8 Å². The van der Waals surface area contributed by atoms with Gasteiger partial charge < -0.3 is 4.42 Å². The molecule has 0 aliphatic heterocycles. The minimum Gasteiger partial charge on any atom is -0.422 e. The molecule has 2 aliphatic carbocycles. The largest absolute Gasteiger partial charge is 0.422 e. The number of benzene rings is 2. The summed E-state index contributed by atoms with van der Waals surface area (Å²) >= 11 is 1.18. The van der Waals surface area contributed by atoms with Gasteiger partial charge in [0, 0.05) is 23.4 Å². The molecule has 6 nitrogen and oxygen atoms in total. The molecule has 36 heavy (non-hydrogen) atoms. The van der Waals surface area contributed by atoms with E-state index in [1.165, 1.54) is 23.7 Å². The van der Waals surface area contributed by atoms with Crippen LogP contribution >= 0.6 is 11.8 Å². The SMILES string of the molecule is Cn1c(SCC(=O)c2cc3ccccc3oc2=O)nc2c(c1=O)C1(CCCCC1)Cc1ccccc1-2. The Morgan fingerprint density at radius 2 is 1.81 bits per heavy atom. The molecule has 0 unspecified atom stereocenters. The Labute approximate surface area is 212 Å². The molecule has 1 fully saturated rings. The molecule has 7 heteroatoms. The standard InChI is InChI=1S/C29H26N2O4S/c1-31-26(33)24-25(20-11-5-3-10-19(20)16-29(24)13-7-2-8-14-29)30-28(31)36-17-22(32)21-15-18-9-4-6-12-23(18)35-27(21)34/h3-6,9-12,15H,2,7-8,13-14,16-17H2,1H3. The summed E-state index contributed by atoms with van der Waals surface area (Å²) in [5.41, 5.74) is 3.41. The molecule has 6 rings (SSSR count). The zero-order valence-electron chi connectivity index (χ0n) is 20.1. The molecule has 1 spiro atoms. The molecule has 0 saturated heterocycles. The van der Waals surface area contributed by atoms with E-state index in [1.807, 2.05) is 24.3 Å². The lowest BCUT2D eigenvalue weighted by molar-refractivity contribution is 0.101. The summed E-state index contributed by atoms with van der Waals surface area (Å²) in [6, 6.07) is 16.9. The van der Waals surface area contributed by atoms with Crippen molar-refractivity contribution in [1.82, 2.24) is 9.55 Å². The van der Waals surface area contributed by atoms with Gasteiger partial charge in [0.05, 0.1) is 17.0 Å². The number of para-hydroxylation sites is 1. The van der Waals surface area contributed by atoms with Crippen LogP contribution in [0.5, 0.6) is 0 Å². The first kappa shape index (κ1) is 23.0. The Balaban J connectivity index is 1.38. The van der Waals surface area contributed by atoms with Crippen molar-refractivity contribution in [1.29, 1.82) is 0 Å². The highest BCUT2D eigenvalue weighted by Gasteiger charge is 2.43. The maximum absolute atomic E-state index is 13.8.